The smallest absolute Gasteiger partial charge is 0.0307 e. The molecule has 0 aliphatic heterocycles. The van der Waals surface area contributed by atoms with Gasteiger partial charge in [-0.05, 0) is 18.9 Å². The maximum absolute atomic E-state index is 2.18. The van der Waals surface area contributed by atoms with E-state index in [0.29, 0.717) is 0 Å². The van der Waals surface area contributed by atoms with Crippen LogP contribution in [0.15, 0.2) is 24.3 Å². The Labute approximate surface area is 124 Å². The highest BCUT2D eigenvalue weighted by Gasteiger charge is 1.84. The van der Waals surface area contributed by atoms with Crippen LogP contribution in [0.4, 0.5) is 0 Å². The van der Waals surface area contributed by atoms with Gasteiger partial charge in [-0.2, -0.15) is 0 Å². The fourth-order valence-corrected chi connectivity index (χ4v) is 0.824. The van der Waals surface area contributed by atoms with Crippen molar-refractivity contribution in [2.45, 2.75) is 88.5 Å². The van der Waals surface area contributed by atoms with Crippen molar-refractivity contribution in [2.24, 2.45) is 0 Å². The zero-order valence-electron chi connectivity index (χ0n) is 15.4. The molecule has 0 atom stereocenters. The Kier molecular flexibility index (Phi) is 42.7. The van der Waals surface area contributed by atoms with Crippen molar-refractivity contribution in [1.29, 1.82) is 0 Å². The Morgan fingerprint density at radius 3 is 1.11 bits per heavy atom. The van der Waals surface area contributed by atoms with E-state index in [9.17, 15) is 0 Å². The Morgan fingerprint density at radius 1 is 0.632 bits per heavy atom. The van der Waals surface area contributed by atoms with E-state index in [2.05, 4.69) is 65.8 Å². The van der Waals surface area contributed by atoms with Gasteiger partial charge in [0.05, 0.1) is 0 Å². The summed E-state index contributed by atoms with van der Waals surface area (Å²) in [5.74, 6) is 0. The highest BCUT2D eigenvalue weighted by atomic mass is 13.9. The van der Waals surface area contributed by atoms with Gasteiger partial charge in [0.1, 0.15) is 0 Å². The summed E-state index contributed by atoms with van der Waals surface area (Å²) in [6, 6.07) is 8.66. The fourth-order valence-electron chi connectivity index (χ4n) is 0.824. The van der Waals surface area contributed by atoms with E-state index in [-0.39, 0.29) is 0 Å². The molecule has 0 saturated carbocycles. The second-order valence-corrected chi connectivity index (χ2v) is 3.75. The van der Waals surface area contributed by atoms with Crippen LogP contribution in [0.3, 0.4) is 0 Å². The second-order valence-electron chi connectivity index (χ2n) is 3.75. The Hall–Kier alpha value is -0.780. The summed E-state index contributed by atoms with van der Waals surface area (Å²) >= 11 is 0. The van der Waals surface area contributed by atoms with Gasteiger partial charge in [0, 0.05) is 0 Å². The minimum Gasteiger partial charge on any atom is -0.0683 e. The Balaban J connectivity index is -0.0000000951. The van der Waals surface area contributed by atoms with E-state index in [1.165, 1.54) is 24.0 Å². The summed E-state index contributed by atoms with van der Waals surface area (Å²) in [5.41, 5.74) is 2.76. The molecule has 0 nitrogen and oxygen atoms in total. The van der Waals surface area contributed by atoms with Gasteiger partial charge in [-0.1, -0.05) is 105 Å². The largest absolute Gasteiger partial charge is 0.0683 e. The van der Waals surface area contributed by atoms with Crippen LogP contribution in [0.1, 0.15) is 86.3 Å². The van der Waals surface area contributed by atoms with Crippen LogP contribution >= 0.6 is 0 Å². The minimum atomic E-state index is 1.14. The molecule has 0 spiro atoms. The molecule has 0 aliphatic rings. The van der Waals surface area contributed by atoms with E-state index in [4.69, 9.17) is 0 Å². The van der Waals surface area contributed by atoms with Crippen molar-refractivity contribution in [3.05, 3.63) is 35.4 Å². The van der Waals surface area contributed by atoms with Crippen LogP contribution in [-0.4, -0.2) is 0 Å². The number of aryl methyl sites for hydroxylation is 2. The average molecular weight is 269 g/mol. The third kappa shape index (κ3) is 31.7. The zero-order chi connectivity index (χ0) is 16.1. The maximum Gasteiger partial charge on any atom is -0.0307 e. The van der Waals surface area contributed by atoms with Gasteiger partial charge in [0.25, 0.3) is 0 Å². The number of benzene rings is 1. The topological polar surface area (TPSA) is 0 Å². The molecule has 0 heterocycles. The Bertz CT molecular complexity index is 194. The average Bonchev–Trinajstić information content (AvgIpc) is 2.46. The molecular formula is C19H40. The van der Waals surface area contributed by atoms with Crippen LogP contribution in [0.2, 0.25) is 0 Å². The lowest BCUT2D eigenvalue weighted by Crippen LogP contribution is -1.77. The van der Waals surface area contributed by atoms with Gasteiger partial charge in [-0.25, -0.2) is 0 Å². The van der Waals surface area contributed by atoms with Gasteiger partial charge >= 0.3 is 0 Å². The van der Waals surface area contributed by atoms with E-state index in [1.54, 1.807) is 0 Å². The molecule has 0 heteroatoms. The molecule has 0 amide bonds. The van der Waals surface area contributed by atoms with Gasteiger partial charge in [-0.3, -0.25) is 0 Å². The first kappa shape index (κ1) is 26.7. The third-order valence-electron chi connectivity index (χ3n) is 1.53. The highest BCUT2D eigenvalue weighted by Crippen LogP contribution is 2.02. The molecule has 0 aromatic heterocycles. The van der Waals surface area contributed by atoms with Crippen molar-refractivity contribution >= 4 is 0 Å². The first-order valence-electron chi connectivity index (χ1n) is 8.21. The van der Waals surface area contributed by atoms with Gasteiger partial charge in [-0.15, -0.1) is 0 Å². The van der Waals surface area contributed by atoms with Gasteiger partial charge in [0.15, 0.2) is 0 Å². The molecule has 0 bridgehead atoms. The van der Waals surface area contributed by atoms with Gasteiger partial charge in [0.2, 0.25) is 0 Å². The third-order valence-corrected chi connectivity index (χ3v) is 1.53. The monoisotopic (exact) mass is 268 g/mol. The number of hydrogen-bond acceptors (Lipinski definition) is 0. The standard InChI is InChI=1S/C9H12.2C3H8.2C2H6/c1-3-9-6-4-8(2)5-7-9;2*1-3-2;2*1-2/h4-7H,3H2,1-2H3;2*3H2,1-2H3;2*1-2H3. The second kappa shape index (κ2) is 30.3. The van der Waals surface area contributed by atoms with Crippen molar-refractivity contribution in [1.82, 2.24) is 0 Å². The summed E-state index contributed by atoms with van der Waals surface area (Å²) in [4.78, 5) is 0. The predicted octanol–water partition coefficient (Wildman–Crippen LogP) is 7.44. The van der Waals surface area contributed by atoms with Crippen molar-refractivity contribution in [3.63, 3.8) is 0 Å². The first-order chi connectivity index (χ1) is 9.15. The lowest BCUT2D eigenvalue weighted by Gasteiger charge is -1.94. The number of rotatable bonds is 1. The van der Waals surface area contributed by atoms with E-state index < -0.39 is 0 Å². The molecule has 1 aromatic rings. The summed E-state index contributed by atoms with van der Waals surface area (Å²) in [6.45, 7) is 20.8. The molecule has 0 saturated heterocycles. The van der Waals surface area contributed by atoms with E-state index in [0.717, 1.165) is 6.42 Å². The molecule has 0 N–H and O–H groups in total. The molecule has 0 fully saturated rings. The van der Waals surface area contributed by atoms with E-state index in [1.807, 2.05) is 27.7 Å². The normalized spacial score (nSPS) is 7.05. The molecule has 19 heavy (non-hydrogen) atoms. The quantitative estimate of drug-likeness (QED) is 0.496. The highest BCUT2D eigenvalue weighted by molar-refractivity contribution is 5.20. The SMILES string of the molecule is CC.CC.CCC.CCC.CCc1ccc(C)cc1. The zero-order valence-corrected chi connectivity index (χ0v) is 15.4. The molecular weight excluding hydrogens is 228 g/mol. The van der Waals surface area contributed by atoms with Crippen LogP contribution in [0.5, 0.6) is 0 Å². The van der Waals surface area contributed by atoms with E-state index >= 15 is 0 Å². The number of hydrogen-bond donors (Lipinski definition) is 0. The summed E-state index contributed by atoms with van der Waals surface area (Å²) < 4.78 is 0. The van der Waals surface area contributed by atoms with Crippen LogP contribution < -0.4 is 0 Å². The van der Waals surface area contributed by atoms with Crippen molar-refractivity contribution in [2.75, 3.05) is 0 Å². The predicted molar refractivity (Wildman–Crippen MR) is 95.2 cm³/mol. The summed E-state index contributed by atoms with van der Waals surface area (Å²) in [7, 11) is 0. The van der Waals surface area contributed by atoms with Crippen molar-refractivity contribution < 1.29 is 0 Å². The molecule has 0 unspecified atom stereocenters. The molecule has 0 radical (unpaired) electrons. The lowest BCUT2D eigenvalue weighted by atomic mass is 10.1. The Morgan fingerprint density at radius 2 is 0.895 bits per heavy atom. The van der Waals surface area contributed by atoms with Crippen LogP contribution in [0, 0.1) is 6.92 Å². The minimum absolute atomic E-state index is 1.14. The molecule has 1 rings (SSSR count). The molecule has 116 valence electrons. The summed E-state index contributed by atoms with van der Waals surface area (Å²) in [6.07, 6.45) is 3.64. The molecule has 1 aromatic carbocycles. The van der Waals surface area contributed by atoms with Gasteiger partial charge < -0.3 is 0 Å². The first-order valence-corrected chi connectivity index (χ1v) is 8.21. The molecule has 0 aliphatic carbocycles. The van der Waals surface area contributed by atoms with Crippen LogP contribution in [-0.2, 0) is 6.42 Å². The van der Waals surface area contributed by atoms with Crippen LogP contribution in [0.25, 0.3) is 0 Å². The maximum atomic E-state index is 2.18. The lowest BCUT2D eigenvalue weighted by molar-refractivity contribution is 1.09. The van der Waals surface area contributed by atoms with Crippen molar-refractivity contribution in [3.8, 4) is 0 Å². The fraction of sp³-hybridized carbons (Fsp3) is 0.684. The summed E-state index contributed by atoms with van der Waals surface area (Å²) in [5, 5.41) is 0.